The maximum absolute atomic E-state index is 11.6. The van der Waals surface area contributed by atoms with Crippen LogP contribution in [0.25, 0.3) is 0 Å². The van der Waals surface area contributed by atoms with Gasteiger partial charge in [-0.1, -0.05) is 19.8 Å². The van der Waals surface area contributed by atoms with Gasteiger partial charge in [-0.25, -0.2) is 0 Å². The molecule has 1 rings (SSSR count). The second kappa shape index (κ2) is 8.13. The zero-order valence-corrected chi connectivity index (χ0v) is 11.1. The zero-order valence-electron chi connectivity index (χ0n) is 11.1. The Morgan fingerprint density at radius 2 is 1.89 bits per heavy atom. The summed E-state index contributed by atoms with van der Waals surface area (Å²) in [5.74, 6) is -0.150. The van der Waals surface area contributed by atoms with Gasteiger partial charge in [0.25, 0.3) is 5.91 Å². The molecule has 0 heterocycles. The Labute approximate surface area is 113 Å². The molecule has 0 spiro atoms. The van der Waals surface area contributed by atoms with Crippen LogP contribution in [0.5, 0.6) is 5.75 Å². The monoisotopic (exact) mass is 264 g/mol. The fourth-order valence-corrected chi connectivity index (χ4v) is 1.51. The molecule has 0 aliphatic rings. The van der Waals surface area contributed by atoms with Crippen molar-refractivity contribution in [2.75, 3.05) is 13.2 Å². The van der Waals surface area contributed by atoms with Crippen LogP contribution >= 0.6 is 0 Å². The quantitative estimate of drug-likeness (QED) is 0.698. The lowest BCUT2D eigenvalue weighted by atomic mass is 10.2. The van der Waals surface area contributed by atoms with Gasteiger partial charge in [0.1, 0.15) is 5.75 Å². The van der Waals surface area contributed by atoms with E-state index in [1.54, 1.807) is 24.3 Å². The Morgan fingerprint density at radius 1 is 1.21 bits per heavy atom. The van der Waals surface area contributed by atoms with Crippen LogP contribution in [0, 0.1) is 0 Å². The molecule has 5 nitrogen and oxygen atoms in total. The van der Waals surface area contributed by atoms with Crippen molar-refractivity contribution in [3.05, 3.63) is 29.8 Å². The van der Waals surface area contributed by atoms with Crippen molar-refractivity contribution < 1.29 is 14.3 Å². The Hall–Kier alpha value is -2.04. The molecule has 19 heavy (non-hydrogen) atoms. The van der Waals surface area contributed by atoms with Crippen molar-refractivity contribution in [2.24, 2.45) is 5.73 Å². The molecule has 5 heteroatoms. The Kier molecular flexibility index (Phi) is 6.43. The number of nitrogens with two attached hydrogens (primary N) is 1. The van der Waals surface area contributed by atoms with Crippen LogP contribution in [0.2, 0.25) is 0 Å². The Bertz CT molecular complexity index is 415. The molecule has 1 aromatic rings. The summed E-state index contributed by atoms with van der Waals surface area (Å²) in [4.78, 5) is 22.1. The lowest BCUT2D eigenvalue weighted by Crippen LogP contribution is -2.33. The molecule has 0 bridgehead atoms. The van der Waals surface area contributed by atoms with Gasteiger partial charge in [-0.3, -0.25) is 9.59 Å². The number of hydrogen-bond donors (Lipinski definition) is 2. The highest BCUT2D eigenvalue weighted by molar-refractivity contribution is 5.96. The topological polar surface area (TPSA) is 81.4 Å². The maximum atomic E-state index is 11.6. The SMILES string of the molecule is CCCCCOc1ccc(C(=O)NCC(N)=O)cc1. The third-order valence-electron chi connectivity index (χ3n) is 2.56. The van der Waals surface area contributed by atoms with Crippen LogP contribution in [0.4, 0.5) is 0 Å². The zero-order chi connectivity index (χ0) is 14.1. The molecular weight excluding hydrogens is 244 g/mol. The fraction of sp³-hybridized carbons (Fsp3) is 0.429. The van der Waals surface area contributed by atoms with Crippen LogP contribution < -0.4 is 15.8 Å². The molecule has 0 unspecified atom stereocenters. The molecule has 0 radical (unpaired) electrons. The largest absolute Gasteiger partial charge is 0.494 e. The van der Waals surface area contributed by atoms with Crippen molar-refractivity contribution in [1.29, 1.82) is 0 Å². The van der Waals surface area contributed by atoms with E-state index in [0.717, 1.165) is 25.0 Å². The van der Waals surface area contributed by atoms with Crippen LogP contribution in [0.1, 0.15) is 36.5 Å². The first kappa shape index (κ1) is 15.0. The summed E-state index contributed by atoms with van der Waals surface area (Å²) in [6, 6.07) is 6.80. The number of carbonyl (C=O) groups excluding carboxylic acids is 2. The number of carbonyl (C=O) groups is 2. The van der Waals surface area contributed by atoms with E-state index in [9.17, 15) is 9.59 Å². The van der Waals surface area contributed by atoms with Gasteiger partial charge in [0.05, 0.1) is 13.2 Å². The van der Waals surface area contributed by atoms with Crippen molar-refractivity contribution in [3.8, 4) is 5.75 Å². The maximum Gasteiger partial charge on any atom is 0.251 e. The Morgan fingerprint density at radius 3 is 2.47 bits per heavy atom. The molecular formula is C14H20N2O3. The predicted octanol–water partition coefficient (Wildman–Crippen LogP) is 1.47. The summed E-state index contributed by atoms with van der Waals surface area (Å²) in [5, 5.41) is 2.42. The minimum absolute atomic E-state index is 0.159. The van der Waals surface area contributed by atoms with E-state index in [1.165, 1.54) is 0 Å². The van der Waals surface area contributed by atoms with Gasteiger partial charge >= 0.3 is 0 Å². The van der Waals surface area contributed by atoms with E-state index in [4.69, 9.17) is 10.5 Å². The first-order chi connectivity index (χ1) is 9.13. The van der Waals surface area contributed by atoms with Crippen molar-refractivity contribution >= 4 is 11.8 Å². The van der Waals surface area contributed by atoms with Crippen LogP contribution in [-0.4, -0.2) is 25.0 Å². The molecule has 0 aliphatic heterocycles. The highest BCUT2D eigenvalue weighted by atomic mass is 16.5. The number of benzene rings is 1. The van der Waals surface area contributed by atoms with Crippen molar-refractivity contribution in [1.82, 2.24) is 5.32 Å². The third-order valence-corrected chi connectivity index (χ3v) is 2.56. The Balaban J connectivity index is 2.42. The van der Waals surface area contributed by atoms with E-state index >= 15 is 0 Å². The molecule has 1 aromatic carbocycles. The molecule has 104 valence electrons. The molecule has 0 fully saturated rings. The summed E-state index contributed by atoms with van der Waals surface area (Å²) < 4.78 is 5.54. The minimum Gasteiger partial charge on any atom is -0.494 e. The van der Waals surface area contributed by atoms with Crippen LogP contribution in [-0.2, 0) is 4.79 Å². The first-order valence-electron chi connectivity index (χ1n) is 6.43. The summed E-state index contributed by atoms with van der Waals surface area (Å²) in [6.45, 7) is 2.66. The third kappa shape index (κ3) is 5.90. The van der Waals surface area contributed by atoms with Crippen molar-refractivity contribution in [3.63, 3.8) is 0 Å². The summed E-state index contributed by atoms with van der Waals surface area (Å²) in [7, 11) is 0. The van der Waals surface area contributed by atoms with Gasteiger partial charge in [0, 0.05) is 5.56 Å². The van der Waals surface area contributed by atoms with Crippen molar-refractivity contribution in [2.45, 2.75) is 26.2 Å². The highest BCUT2D eigenvalue weighted by Gasteiger charge is 2.06. The molecule has 3 N–H and O–H groups in total. The van der Waals surface area contributed by atoms with Gasteiger partial charge < -0.3 is 15.8 Å². The van der Waals surface area contributed by atoms with E-state index < -0.39 is 5.91 Å². The number of nitrogens with one attached hydrogen (secondary N) is 1. The number of primary amides is 1. The predicted molar refractivity (Wildman–Crippen MR) is 73.0 cm³/mol. The van der Waals surface area contributed by atoms with E-state index in [0.29, 0.717) is 12.2 Å². The van der Waals surface area contributed by atoms with Gasteiger partial charge in [-0.05, 0) is 30.7 Å². The number of hydrogen-bond acceptors (Lipinski definition) is 3. The van der Waals surface area contributed by atoms with E-state index in [2.05, 4.69) is 12.2 Å². The highest BCUT2D eigenvalue weighted by Crippen LogP contribution is 2.12. The van der Waals surface area contributed by atoms with Gasteiger partial charge in [-0.2, -0.15) is 0 Å². The van der Waals surface area contributed by atoms with Gasteiger partial charge in [0.15, 0.2) is 0 Å². The lowest BCUT2D eigenvalue weighted by Gasteiger charge is -2.07. The average molecular weight is 264 g/mol. The number of ether oxygens (including phenoxy) is 1. The summed E-state index contributed by atoms with van der Waals surface area (Å²) >= 11 is 0. The lowest BCUT2D eigenvalue weighted by molar-refractivity contribution is -0.117. The normalized spacial score (nSPS) is 9.95. The summed E-state index contributed by atoms with van der Waals surface area (Å²) in [6.07, 6.45) is 3.33. The second-order valence-corrected chi connectivity index (χ2v) is 4.23. The number of rotatable bonds is 8. The fourth-order valence-electron chi connectivity index (χ4n) is 1.51. The second-order valence-electron chi connectivity index (χ2n) is 4.23. The summed E-state index contributed by atoms with van der Waals surface area (Å²) in [5.41, 5.74) is 5.42. The van der Waals surface area contributed by atoms with Gasteiger partial charge in [0.2, 0.25) is 5.91 Å². The van der Waals surface area contributed by atoms with Crippen LogP contribution in [0.3, 0.4) is 0 Å². The molecule has 0 aromatic heterocycles. The van der Waals surface area contributed by atoms with Crippen LogP contribution in [0.15, 0.2) is 24.3 Å². The average Bonchev–Trinajstić information content (AvgIpc) is 2.41. The van der Waals surface area contributed by atoms with Gasteiger partial charge in [-0.15, -0.1) is 0 Å². The molecule has 0 saturated carbocycles. The molecule has 0 atom stereocenters. The number of amides is 2. The molecule has 2 amide bonds. The number of unbranched alkanes of at least 4 members (excludes halogenated alkanes) is 2. The minimum atomic E-state index is -0.566. The standard InChI is InChI=1S/C14H20N2O3/c1-2-3-4-9-19-12-7-5-11(6-8-12)14(18)16-10-13(15)17/h5-8H,2-4,9-10H2,1H3,(H2,15,17)(H,16,18). The van der Waals surface area contributed by atoms with E-state index in [1.807, 2.05) is 0 Å². The molecule has 0 saturated heterocycles. The smallest absolute Gasteiger partial charge is 0.251 e. The first-order valence-corrected chi connectivity index (χ1v) is 6.43. The van der Waals surface area contributed by atoms with E-state index in [-0.39, 0.29) is 12.5 Å². The molecule has 0 aliphatic carbocycles.